The van der Waals surface area contributed by atoms with Crippen LogP contribution in [0.4, 0.5) is 0 Å². The highest BCUT2D eigenvalue weighted by atomic mass is 35.5. The molecule has 0 saturated heterocycles. The monoisotopic (exact) mass is 268 g/mol. The Morgan fingerprint density at radius 2 is 2.12 bits per heavy atom. The number of halogens is 2. The fraction of sp³-hybridized carbons (Fsp3) is 0.308. The summed E-state index contributed by atoms with van der Waals surface area (Å²) >= 11 is 12.0. The van der Waals surface area contributed by atoms with Crippen molar-refractivity contribution < 1.29 is 0 Å². The van der Waals surface area contributed by atoms with E-state index in [1.165, 1.54) is 11.1 Å². The molecular weight excluding hydrogens is 255 g/mol. The number of benzene rings is 1. The maximum Gasteiger partial charge on any atom is 0.197 e. The van der Waals surface area contributed by atoms with Gasteiger partial charge in [-0.3, -0.25) is 4.99 Å². The lowest BCUT2D eigenvalue weighted by Crippen LogP contribution is -2.29. The van der Waals surface area contributed by atoms with Gasteiger partial charge >= 0.3 is 0 Å². The lowest BCUT2D eigenvalue weighted by atomic mass is 10.1. The molecule has 0 saturated carbocycles. The molecule has 1 aromatic rings. The zero-order chi connectivity index (χ0) is 12.3. The second kappa shape index (κ2) is 5.56. The van der Waals surface area contributed by atoms with Gasteiger partial charge in [-0.25, -0.2) is 0 Å². The fourth-order valence-electron chi connectivity index (χ4n) is 1.78. The van der Waals surface area contributed by atoms with Crippen molar-refractivity contribution in [2.75, 3.05) is 6.54 Å². The molecule has 1 unspecified atom stereocenters. The van der Waals surface area contributed by atoms with Crippen LogP contribution in [0.3, 0.4) is 0 Å². The van der Waals surface area contributed by atoms with E-state index in [-0.39, 0.29) is 5.62 Å². The van der Waals surface area contributed by atoms with Gasteiger partial charge in [-0.1, -0.05) is 47.5 Å². The Bertz CT molecular complexity index is 454. The van der Waals surface area contributed by atoms with Gasteiger partial charge in [-0.2, -0.15) is 0 Å². The minimum absolute atomic E-state index is 0.346. The smallest absolute Gasteiger partial charge is 0.197 e. The summed E-state index contributed by atoms with van der Waals surface area (Å²) in [6.45, 7) is 2.93. The molecule has 2 nitrogen and oxygen atoms in total. The van der Waals surface area contributed by atoms with Crippen molar-refractivity contribution in [2.24, 2.45) is 4.99 Å². The number of rotatable bonds is 3. The van der Waals surface area contributed by atoms with Gasteiger partial charge in [0.25, 0.3) is 0 Å². The molecule has 90 valence electrons. The van der Waals surface area contributed by atoms with Crippen LogP contribution in [0.5, 0.6) is 0 Å². The lowest BCUT2D eigenvalue weighted by molar-refractivity contribution is 0.355. The second-order valence-electron chi connectivity index (χ2n) is 4.02. The molecule has 0 N–H and O–H groups in total. The molecule has 1 heterocycles. The highest BCUT2D eigenvalue weighted by molar-refractivity contribution is 6.39. The van der Waals surface area contributed by atoms with Crippen molar-refractivity contribution in [3.8, 4) is 0 Å². The van der Waals surface area contributed by atoms with E-state index in [1.807, 2.05) is 17.2 Å². The van der Waals surface area contributed by atoms with E-state index in [4.69, 9.17) is 23.2 Å². The number of nitrogens with zero attached hydrogens (tertiary/aromatic N) is 2. The average molecular weight is 269 g/mol. The van der Waals surface area contributed by atoms with E-state index in [0.717, 1.165) is 13.0 Å². The van der Waals surface area contributed by atoms with Crippen LogP contribution in [-0.4, -0.2) is 23.3 Å². The molecule has 0 spiro atoms. The van der Waals surface area contributed by atoms with Crippen LogP contribution >= 0.6 is 23.2 Å². The molecule has 2 rings (SSSR count). The first-order valence-corrected chi connectivity index (χ1v) is 6.33. The molecule has 1 aromatic carbocycles. The molecule has 1 atom stereocenters. The summed E-state index contributed by atoms with van der Waals surface area (Å²) in [5.74, 6) is 0. The third-order valence-electron chi connectivity index (χ3n) is 2.78. The minimum Gasteiger partial charge on any atom is -0.342 e. The molecule has 0 fully saturated rings. The predicted molar refractivity (Wildman–Crippen MR) is 73.7 cm³/mol. The first-order chi connectivity index (χ1) is 8.16. The van der Waals surface area contributed by atoms with Gasteiger partial charge < -0.3 is 4.90 Å². The quantitative estimate of drug-likeness (QED) is 0.605. The van der Waals surface area contributed by atoms with Crippen molar-refractivity contribution in [1.29, 1.82) is 0 Å². The van der Waals surface area contributed by atoms with E-state index >= 15 is 0 Å². The highest BCUT2D eigenvalue weighted by Crippen LogP contribution is 2.17. The molecule has 0 radical (unpaired) electrons. The van der Waals surface area contributed by atoms with E-state index in [9.17, 15) is 0 Å². The van der Waals surface area contributed by atoms with Crippen LogP contribution in [0.25, 0.3) is 0 Å². The van der Waals surface area contributed by atoms with Crippen molar-refractivity contribution in [1.82, 2.24) is 4.90 Å². The van der Waals surface area contributed by atoms with Gasteiger partial charge in [-0.05, 0) is 24.5 Å². The van der Waals surface area contributed by atoms with Crippen molar-refractivity contribution >= 4 is 29.4 Å². The predicted octanol–water partition coefficient (Wildman–Crippen LogP) is 3.53. The molecule has 17 heavy (non-hydrogen) atoms. The van der Waals surface area contributed by atoms with Gasteiger partial charge in [0.15, 0.2) is 5.62 Å². The van der Waals surface area contributed by atoms with Crippen LogP contribution in [-0.2, 0) is 6.42 Å². The zero-order valence-corrected chi connectivity index (χ0v) is 11.1. The first-order valence-electron chi connectivity index (χ1n) is 5.51. The molecule has 0 aliphatic carbocycles. The Morgan fingerprint density at radius 1 is 1.35 bits per heavy atom. The third-order valence-corrected chi connectivity index (χ3v) is 3.34. The van der Waals surface area contributed by atoms with Crippen LogP contribution in [0.15, 0.2) is 40.5 Å². The van der Waals surface area contributed by atoms with Gasteiger partial charge in [0, 0.05) is 19.0 Å². The molecule has 0 bridgehead atoms. The van der Waals surface area contributed by atoms with Crippen LogP contribution in [0, 0.1) is 6.92 Å². The topological polar surface area (TPSA) is 15.6 Å². The molecular formula is C13H14Cl2N2. The van der Waals surface area contributed by atoms with Gasteiger partial charge in [0.1, 0.15) is 0 Å². The Hall–Kier alpha value is -0.990. The Morgan fingerprint density at radius 3 is 2.88 bits per heavy atom. The Labute approximate surface area is 112 Å². The van der Waals surface area contributed by atoms with Gasteiger partial charge in [0.05, 0.1) is 5.03 Å². The largest absolute Gasteiger partial charge is 0.342 e. The minimum atomic E-state index is -0.346. The van der Waals surface area contributed by atoms with Crippen molar-refractivity contribution in [2.45, 2.75) is 19.0 Å². The SMILES string of the molecule is Cc1ccccc1CCN1C=C(Cl)C=NC1Cl. The molecule has 1 aliphatic rings. The fourth-order valence-corrected chi connectivity index (χ4v) is 2.17. The molecule has 1 aliphatic heterocycles. The van der Waals surface area contributed by atoms with Crippen LogP contribution < -0.4 is 0 Å². The number of aryl methyl sites for hydroxylation is 1. The highest BCUT2D eigenvalue weighted by Gasteiger charge is 2.14. The average Bonchev–Trinajstić information content (AvgIpc) is 2.32. The maximum atomic E-state index is 6.08. The van der Waals surface area contributed by atoms with Gasteiger partial charge in [0.2, 0.25) is 0 Å². The summed E-state index contributed by atoms with van der Waals surface area (Å²) in [4.78, 5) is 6.03. The summed E-state index contributed by atoms with van der Waals surface area (Å²) < 4.78 is 0. The normalized spacial score (nSPS) is 19.4. The van der Waals surface area contributed by atoms with E-state index < -0.39 is 0 Å². The number of hydrogen-bond acceptors (Lipinski definition) is 2. The second-order valence-corrected chi connectivity index (χ2v) is 4.84. The first kappa shape index (κ1) is 12.5. The van der Waals surface area contributed by atoms with Crippen molar-refractivity contribution in [3.63, 3.8) is 0 Å². The maximum absolute atomic E-state index is 6.08. The third kappa shape index (κ3) is 3.24. The van der Waals surface area contributed by atoms with E-state index in [2.05, 4.69) is 30.1 Å². The van der Waals surface area contributed by atoms with Crippen molar-refractivity contribution in [3.05, 3.63) is 46.6 Å². The van der Waals surface area contributed by atoms with Crippen LogP contribution in [0.2, 0.25) is 0 Å². The summed E-state index contributed by atoms with van der Waals surface area (Å²) in [5.41, 5.74) is 2.28. The molecule has 0 amide bonds. The summed E-state index contributed by atoms with van der Waals surface area (Å²) in [7, 11) is 0. The summed E-state index contributed by atoms with van der Waals surface area (Å²) in [6, 6.07) is 8.35. The Kier molecular flexibility index (Phi) is 4.08. The van der Waals surface area contributed by atoms with Crippen LogP contribution in [0.1, 0.15) is 11.1 Å². The number of hydrogen-bond donors (Lipinski definition) is 0. The van der Waals surface area contributed by atoms with E-state index in [0.29, 0.717) is 5.03 Å². The van der Waals surface area contributed by atoms with E-state index in [1.54, 1.807) is 6.21 Å². The number of allylic oxidation sites excluding steroid dienone is 1. The summed E-state index contributed by atoms with van der Waals surface area (Å²) in [6.07, 6.45) is 4.36. The Balaban J connectivity index is 1.99. The standard InChI is InChI=1S/C13H14Cl2N2/c1-10-4-2-3-5-11(10)6-7-17-9-12(14)8-16-13(17)15/h2-5,8-9,13H,6-7H2,1H3. The number of alkyl halides is 1. The molecule has 4 heteroatoms. The lowest BCUT2D eigenvalue weighted by Gasteiger charge is -2.26. The summed E-state index contributed by atoms with van der Waals surface area (Å²) in [5, 5.41) is 0.617. The zero-order valence-electron chi connectivity index (χ0n) is 9.61. The molecule has 0 aromatic heterocycles. The number of aliphatic imine (C=N–C) groups is 1. The van der Waals surface area contributed by atoms with Gasteiger partial charge in [-0.15, -0.1) is 0 Å².